The molecule has 0 saturated carbocycles. The molecule has 0 fully saturated rings. The molecule has 1 aromatic carbocycles. The lowest BCUT2D eigenvalue weighted by molar-refractivity contribution is 0.509. The summed E-state index contributed by atoms with van der Waals surface area (Å²) in [5.41, 5.74) is 5.03. The quantitative estimate of drug-likeness (QED) is 0.830. The van der Waals surface area contributed by atoms with E-state index in [0.717, 1.165) is 0 Å². The van der Waals surface area contributed by atoms with Gasteiger partial charge in [-0.25, -0.2) is 0 Å². The molecule has 23 heavy (non-hydrogen) atoms. The highest BCUT2D eigenvalue weighted by molar-refractivity contribution is 6.95. The van der Waals surface area contributed by atoms with Crippen molar-refractivity contribution in [2.45, 2.75) is 59.2 Å². The van der Waals surface area contributed by atoms with Crippen LogP contribution in [-0.2, 0) is 0 Å². The minimum absolute atomic E-state index is 0.131. The Morgan fingerprint density at radius 1 is 1.09 bits per heavy atom. The summed E-state index contributed by atoms with van der Waals surface area (Å²) >= 11 is 0. The molecule has 0 radical (unpaired) electrons. The highest BCUT2D eigenvalue weighted by atomic mass is 28.3. The Labute approximate surface area is 141 Å². The van der Waals surface area contributed by atoms with Gasteiger partial charge in [0.05, 0.1) is 0 Å². The van der Waals surface area contributed by atoms with Crippen molar-refractivity contribution in [3.63, 3.8) is 0 Å². The Hall–Kier alpha value is -1.38. The van der Waals surface area contributed by atoms with E-state index in [1.165, 1.54) is 27.1 Å². The lowest BCUT2D eigenvalue weighted by Crippen LogP contribution is -2.59. The van der Waals surface area contributed by atoms with E-state index in [0.29, 0.717) is 5.54 Å². The van der Waals surface area contributed by atoms with E-state index < -0.39 is 8.24 Å². The van der Waals surface area contributed by atoms with Gasteiger partial charge in [0, 0.05) is 5.54 Å². The standard InChI is InChI=1S/C21H29NSi/c1-14(2)23(7,22-21(4,5)6)20-15(3)11-18-12-16-9-8-10-17(16)13-19(18)20/h8-14,22H,1-7H3. The molecule has 0 bridgehead atoms. The lowest BCUT2D eigenvalue weighted by atomic mass is 10.1. The molecule has 0 saturated heterocycles. The fourth-order valence-electron chi connectivity index (χ4n) is 4.01. The summed E-state index contributed by atoms with van der Waals surface area (Å²) in [4.78, 5) is 4.05. The van der Waals surface area contributed by atoms with E-state index in [-0.39, 0.29) is 5.54 Å². The van der Waals surface area contributed by atoms with Crippen LogP contribution in [0.4, 0.5) is 0 Å². The van der Waals surface area contributed by atoms with Gasteiger partial charge in [0.2, 0.25) is 0 Å². The largest absolute Gasteiger partial charge is 0.329 e. The average Bonchev–Trinajstić information content (AvgIpc) is 2.95. The first-order valence-electron chi connectivity index (χ1n) is 8.67. The molecule has 0 aliphatic heterocycles. The zero-order valence-corrected chi connectivity index (χ0v) is 16.5. The van der Waals surface area contributed by atoms with Crippen LogP contribution in [0.1, 0.15) is 52.7 Å². The van der Waals surface area contributed by atoms with Crippen LogP contribution in [0.3, 0.4) is 0 Å². The first-order chi connectivity index (χ1) is 10.6. The highest BCUT2D eigenvalue weighted by Gasteiger charge is 2.41. The van der Waals surface area contributed by atoms with E-state index in [4.69, 9.17) is 0 Å². The third-order valence-electron chi connectivity index (χ3n) is 5.15. The normalized spacial score (nSPS) is 18.6. The summed E-state index contributed by atoms with van der Waals surface area (Å²) in [6.45, 7) is 16.4. The van der Waals surface area contributed by atoms with Gasteiger partial charge < -0.3 is 4.98 Å². The van der Waals surface area contributed by atoms with E-state index in [9.17, 15) is 0 Å². The molecule has 1 unspecified atom stereocenters. The van der Waals surface area contributed by atoms with Gasteiger partial charge >= 0.3 is 0 Å². The monoisotopic (exact) mass is 323 g/mol. The Balaban J connectivity index is 2.17. The predicted molar refractivity (Wildman–Crippen MR) is 106 cm³/mol. The summed E-state index contributed by atoms with van der Waals surface area (Å²) in [6, 6.07) is 4.76. The molecule has 0 spiro atoms. The molecule has 3 rings (SSSR count). The molecule has 2 heteroatoms. The van der Waals surface area contributed by atoms with E-state index >= 15 is 0 Å². The second-order valence-corrected chi connectivity index (χ2v) is 12.8. The molecule has 1 N–H and O–H groups in total. The Morgan fingerprint density at radius 2 is 1.78 bits per heavy atom. The number of nitrogens with one attached hydrogen (secondary N) is 1. The number of rotatable bonds is 3. The van der Waals surface area contributed by atoms with Gasteiger partial charge in [-0.3, -0.25) is 0 Å². The van der Waals surface area contributed by atoms with Crippen LogP contribution >= 0.6 is 0 Å². The van der Waals surface area contributed by atoms with Crippen LogP contribution in [0.15, 0.2) is 23.8 Å². The van der Waals surface area contributed by atoms with Crippen LogP contribution in [0, 0.1) is 0 Å². The number of benzene rings is 1. The van der Waals surface area contributed by atoms with Gasteiger partial charge in [0.1, 0.15) is 0 Å². The van der Waals surface area contributed by atoms with Gasteiger partial charge in [-0.1, -0.05) is 44.7 Å². The van der Waals surface area contributed by atoms with Crippen LogP contribution in [-0.4, -0.2) is 13.8 Å². The van der Waals surface area contributed by atoms with Crippen molar-refractivity contribution < 1.29 is 0 Å². The molecule has 1 atom stereocenters. The summed E-state index contributed by atoms with van der Waals surface area (Å²) in [7, 11) is -1.81. The van der Waals surface area contributed by atoms with E-state index in [2.05, 4.69) is 89.5 Å². The third kappa shape index (κ3) is 2.79. The molecule has 0 aromatic heterocycles. The van der Waals surface area contributed by atoms with Gasteiger partial charge in [-0.2, -0.15) is 0 Å². The molecule has 1 nitrogen and oxygen atoms in total. The minimum Gasteiger partial charge on any atom is -0.329 e. The summed E-state index contributed by atoms with van der Waals surface area (Å²) in [6.07, 6.45) is 8.98. The van der Waals surface area contributed by atoms with Gasteiger partial charge in [0.15, 0.2) is 8.24 Å². The second-order valence-electron chi connectivity index (χ2n) is 8.53. The molecule has 0 amide bonds. The highest BCUT2D eigenvalue weighted by Crippen LogP contribution is 2.37. The number of hydrogen-bond donors (Lipinski definition) is 1. The van der Waals surface area contributed by atoms with Crippen molar-refractivity contribution in [3.05, 3.63) is 45.3 Å². The van der Waals surface area contributed by atoms with Crippen LogP contribution in [0.25, 0.3) is 23.4 Å². The van der Waals surface area contributed by atoms with Crippen LogP contribution in [0.5, 0.6) is 0 Å². The van der Waals surface area contributed by atoms with Crippen molar-refractivity contribution in [1.82, 2.24) is 4.98 Å². The van der Waals surface area contributed by atoms with Crippen molar-refractivity contribution >= 4 is 31.7 Å². The van der Waals surface area contributed by atoms with Crippen molar-refractivity contribution in [2.75, 3.05) is 0 Å². The Morgan fingerprint density at radius 3 is 2.39 bits per heavy atom. The molecule has 2 aliphatic carbocycles. The Bertz CT molecular complexity index is 834. The number of fused-ring (bicyclic) bond motifs is 2. The molecule has 2 aliphatic rings. The predicted octanol–water partition coefficient (Wildman–Crippen LogP) is 3.97. The molecular weight excluding hydrogens is 294 g/mol. The first kappa shape index (κ1) is 16.5. The van der Waals surface area contributed by atoms with Gasteiger partial charge in [0.25, 0.3) is 0 Å². The van der Waals surface area contributed by atoms with E-state index in [1.807, 2.05) is 0 Å². The van der Waals surface area contributed by atoms with E-state index in [1.54, 1.807) is 5.20 Å². The number of allylic oxidation sites excluding steroid dienone is 2. The average molecular weight is 324 g/mol. The SMILES string of the molecule is CC1=C([Si](C)(NC(C)(C)C)C(C)C)c2cc3c(cc2=C1)C=CC=3. The fourth-order valence-corrected chi connectivity index (χ4v) is 8.23. The van der Waals surface area contributed by atoms with Crippen molar-refractivity contribution in [2.24, 2.45) is 0 Å². The molecule has 0 heterocycles. The fraction of sp³-hybridized carbons (Fsp3) is 0.429. The summed E-state index contributed by atoms with van der Waals surface area (Å²) < 4.78 is 0. The van der Waals surface area contributed by atoms with Crippen molar-refractivity contribution in [1.29, 1.82) is 0 Å². The molecule has 122 valence electrons. The van der Waals surface area contributed by atoms with Crippen LogP contribution < -0.4 is 15.4 Å². The zero-order chi connectivity index (χ0) is 17.0. The number of hydrogen-bond acceptors (Lipinski definition) is 1. The first-order valence-corrected chi connectivity index (χ1v) is 11.2. The topological polar surface area (TPSA) is 12.0 Å². The maximum atomic E-state index is 4.05. The second kappa shape index (κ2) is 5.32. The maximum Gasteiger partial charge on any atom is 0.158 e. The summed E-state index contributed by atoms with van der Waals surface area (Å²) in [5, 5.41) is 4.35. The van der Waals surface area contributed by atoms with Crippen LogP contribution in [0.2, 0.25) is 12.1 Å². The lowest BCUT2D eigenvalue weighted by Gasteiger charge is -2.41. The van der Waals surface area contributed by atoms with Gasteiger partial charge in [-0.05, 0) is 77.7 Å². The smallest absolute Gasteiger partial charge is 0.158 e. The Kier molecular flexibility index (Phi) is 3.81. The molecule has 1 aromatic rings. The summed E-state index contributed by atoms with van der Waals surface area (Å²) in [5.74, 6) is 0. The maximum absolute atomic E-state index is 4.05. The molecular formula is C21H29NSi. The third-order valence-corrected chi connectivity index (χ3v) is 10.4. The van der Waals surface area contributed by atoms with Crippen molar-refractivity contribution in [3.8, 4) is 0 Å². The van der Waals surface area contributed by atoms with Gasteiger partial charge in [-0.15, -0.1) is 0 Å². The zero-order valence-electron chi connectivity index (χ0n) is 15.5. The minimum atomic E-state index is -1.81.